The molecular weight excluding hydrogens is 409 g/mol. The molecular formula is C18H21F3N4O3S. The quantitative estimate of drug-likeness (QED) is 0.559. The zero-order valence-corrected chi connectivity index (χ0v) is 16.6. The van der Waals surface area contributed by atoms with Crippen molar-refractivity contribution in [2.24, 2.45) is 0 Å². The van der Waals surface area contributed by atoms with E-state index in [2.05, 4.69) is 20.3 Å². The number of halogens is 3. The first kappa shape index (κ1) is 22.6. The summed E-state index contributed by atoms with van der Waals surface area (Å²) < 4.78 is 65.2. The third kappa shape index (κ3) is 6.43. The number of aromatic nitrogens is 1. The van der Waals surface area contributed by atoms with Crippen LogP contribution >= 0.6 is 0 Å². The Labute approximate surface area is 166 Å². The minimum atomic E-state index is -4.54. The molecule has 0 saturated carbocycles. The number of nitrogens with one attached hydrogen (secondary N) is 3. The van der Waals surface area contributed by atoms with Gasteiger partial charge in [-0.3, -0.25) is 4.79 Å². The van der Waals surface area contributed by atoms with Crippen LogP contribution in [0.4, 0.5) is 19.0 Å². The van der Waals surface area contributed by atoms with Crippen LogP contribution in [-0.4, -0.2) is 38.4 Å². The monoisotopic (exact) mass is 430 g/mol. The van der Waals surface area contributed by atoms with Crippen LogP contribution in [0.1, 0.15) is 29.8 Å². The van der Waals surface area contributed by atoms with Gasteiger partial charge in [0.25, 0.3) is 5.91 Å². The second-order valence-corrected chi connectivity index (χ2v) is 8.09. The Morgan fingerprint density at radius 2 is 1.76 bits per heavy atom. The fraction of sp³-hybridized carbons (Fsp3) is 0.333. The SMILES string of the molecule is CC(C)NS(=O)(=O)c1ccc(C(=O)NCCNc2ncccc2C(F)(F)F)cc1. The normalized spacial score (nSPS) is 12.1. The Hall–Kier alpha value is -2.66. The number of carbonyl (C=O) groups excluding carboxylic acids is 1. The van der Waals surface area contributed by atoms with Gasteiger partial charge in [0.1, 0.15) is 5.82 Å². The molecule has 1 amide bonds. The van der Waals surface area contributed by atoms with Crippen molar-refractivity contribution in [1.82, 2.24) is 15.0 Å². The van der Waals surface area contributed by atoms with Crippen LogP contribution in [0.25, 0.3) is 0 Å². The standard InChI is InChI=1S/C18H21F3N4O3S/c1-12(2)25-29(27,28)14-7-5-13(6-8-14)17(26)24-11-10-23-16-15(18(19,20)21)4-3-9-22-16/h3-9,12,25H,10-11H2,1-2H3,(H,22,23)(H,24,26). The second-order valence-electron chi connectivity index (χ2n) is 6.38. The predicted octanol–water partition coefficient (Wildman–Crippen LogP) is 2.63. The van der Waals surface area contributed by atoms with Gasteiger partial charge >= 0.3 is 6.18 Å². The van der Waals surface area contributed by atoms with Crippen molar-refractivity contribution in [2.45, 2.75) is 31.0 Å². The predicted molar refractivity (Wildman–Crippen MR) is 102 cm³/mol. The summed E-state index contributed by atoms with van der Waals surface area (Å²) in [4.78, 5) is 15.8. The average Bonchev–Trinajstić information content (AvgIpc) is 2.63. The number of amides is 1. The molecule has 0 aliphatic carbocycles. The number of anilines is 1. The van der Waals surface area contributed by atoms with Crippen molar-refractivity contribution < 1.29 is 26.4 Å². The lowest BCUT2D eigenvalue weighted by Crippen LogP contribution is -2.31. The molecule has 29 heavy (non-hydrogen) atoms. The molecule has 0 saturated heterocycles. The van der Waals surface area contributed by atoms with E-state index in [-0.39, 0.29) is 35.4 Å². The van der Waals surface area contributed by atoms with Crippen LogP contribution in [0.3, 0.4) is 0 Å². The van der Waals surface area contributed by atoms with Crippen molar-refractivity contribution in [3.8, 4) is 0 Å². The van der Waals surface area contributed by atoms with E-state index in [0.717, 1.165) is 6.07 Å². The Bertz CT molecular complexity index is 946. The first-order chi connectivity index (χ1) is 13.5. The summed E-state index contributed by atoms with van der Waals surface area (Å²) in [7, 11) is -3.66. The van der Waals surface area contributed by atoms with Gasteiger partial charge in [-0.15, -0.1) is 0 Å². The van der Waals surface area contributed by atoms with Crippen LogP contribution in [0, 0.1) is 0 Å². The second kappa shape index (κ2) is 9.23. The molecule has 0 fully saturated rings. The molecule has 1 aromatic carbocycles. The molecule has 3 N–H and O–H groups in total. The van der Waals surface area contributed by atoms with E-state index >= 15 is 0 Å². The molecule has 2 aromatic rings. The number of rotatable bonds is 8. The van der Waals surface area contributed by atoms with Gasteiger partial charge in [0.2, 0.25) is 10.0 Å². The Balaban J connectivity index is 1.91. The number of pyridine rings is 1. The molecule has 1 heterocycles. The van der Waals surface area contributed by atoms with Crippen LogP contribution in [-0.2, 0) is 16.2 Å². The number of alkyl halides is 3. The number of hydrogen-bond acceptors (Lipinski definition) is 5. The topological polar surface area (TPSA) is 100 Å². The van der Waals surface area contributed by atoms with Crippen molar-refractivity contribution in [1.29, 1.82) is 0 Å². The fourth-order valence-electron chi connectivity index (χ4n) is 2.40. The van der Waals surface area contributed by atoms with Crippen LogP contribution in [0.2, 0.25) is 0 Å². The van der Waals surface area contributed by atoms with Gasteiger partial charge in [-0.1, -0.05) is 0 Å². The van der Waals surface area contributed by atoms with Crippen LogP contribution in [0.15, 0.2) is 47.5 Å². The molecule has 2 rings (SSSR count). The maximum atomic E-state index is 12.9. The van der Waals surface area contributed by atoms with E-state index in [4.69, 9.17) is 0 Å². The maximum absolute atomic E-state index is 12.9. The number of nitrogens with zero attached hydrogens (tertiary/aromatic N) is 1. The van der Waals surface area contributed by atoms with Gasteiger partial charge in [0.15, 0.2) is 0 Å². The zero-order chi connectivity index (χ0) is 21.7. The number of sulfonamides is 1. The summed E-state index contributed by atoms with van der Waals surface area (Å²) in [5.41, 5.74) is -0.666. The highest BCUT2D eigenvalue weighted by atomic mass is 32.2. The van der Waals surface area contributed by atoms with Gasteiger partial charge in [-0.05, 0) is 50.2 Å². The van der Waals surface area contributed by atoms with Gasteiger partial charge in [-0.2, -0.15) is 13.2 Å². The highest BCUT2D eigenvalue weighted by Crippen LogP contribution is 2.33. The minimum Gasteiger partial charge on any atom is -0.368 e. The number of benzene rings is 1. The Morgan fingerprint density at radius 3 is 2.34 bits per heavy atom. The van der Waals surface area contributed by atoms with E-state index in [1.807, 2.05) is 0 Å². The molecule has 0 aliphatic rings. The smallest absolute Gasteiger partial charge is 0.368 e. The first-order valence-electron chi connectivity index (χ1n) is 8.67. The summed E-state index contributed by atoms with van der Waals surface area (Å²) in [6, 6.07) is 7.17. The Morgan fingerprint density at radius 1 is 1.10 bits per heavy atom. The third-order valence-electron chi connectivity index (χ3n) is 3.63. The van der Waals surface area contributed by atoms with E-state index < -0.39 is 27.7 Å². The molecule has 0 spiro atoms. The lowest BCUT2D eigenvalue weighted by atomic mass is 10.2. The molecule has 0 unspecified atom stereocenters. The maximum Gasteiger partial charge on any atom is 0.419 e. The summed E-state index contributed by atoms with van der Waals surface area (Å²) >= 11 is 0. The summed E-state index contributed by atoms with van der Waals surface area (Å²) in [6.07, 6.45) is -3.30. The van der Waals surface area contributed by atoms with E-state index in [1.165, 1.54) is 36.5 Å². The fourth-order valence-corrected chi connectivity index (χ4v) is 3.65. The number of hydrogen-bond donors (Lipinski definition) is 3. The summed E-state index contributed by atoms with van der Waals surface area (Å²) in [5.74, 6) is -0.800. The molecule has 0 radical (unpaired) electrons. The zero-order valence-electron chi connectivity index (χ0n) is 15.7. The van der Waals surface area contributed by atoms with Crippen molar-refractivity contribution >= 4 is 21.7 Å². The molecule has 0 atom stereocenters. The largest absolute Gasteiger partial charge is 0.419 e. The van der Waals surface area contributed by atoms with E-state index in [9.17, 15) is 26.4 Å². The van der Waals surface area contributed by atoms with E-state index in [1.54, 1.807) is 13.8 Å². The third-order valence-corrected chi connectivity index (χ3v) is 5.31. The van der Waals surface area contributed by atoms with Gasteiger partial charge in [-0.25, -0.2) is 18.1 Å². The molecule has 158 valence electrons. The van der Waals surface area contributed by atoms with Crippen molar-refractivity contribution in [2.75, 3.05) is 18.4 Å². The average molecular weight is 430 g/mol. The molecule has 0 aliphatic heterocycles. The van der Waals surface area contributed by atoms with Crippen molar-refractivity contribution in [3.05, 3.63) is 53.7 Å². The van der Waals surface area contributed by atoms with Gasteiger partial charge < -0.3 is 10.6 Å². The molecule has 7 nitrogen and oxygen atoms in total. The van der Waals surface area contributed by atoms with Crippen LogP contribution < -0.4 is 15.4 Å². The lowest BCUT2D eigenvalue weighted by molar-refractivity contribution is -0.137. The first-order valence-corrected chi connectivity index (χ1v) is 10.2. The lowest BCUT2D eigenvalue weighted by Gasteiger charge is -2.13. The van der Waals surface area contributed by atoms with Crippen LogP contribution in [0.5, 0.6) is 0 Å². The molecule has 1 aromatic heterocycles. The number of carbonyl (C=O) groups is 1. The highest BCUT2D eigenvalue weighted by molar-refractivity contribution is 7.89. The Kier molecular flexibility index (Phi) is 7.20. The molecule has 11 heteroatoms. The summed E-state index contributed by atoms with van der Waals surface area (Å²) in [6.45, 7) is 3.45. The van der Waals surface area contributed by atoms with Gasteiger partial charge in [0, 0.05) is 30.9 Å². The van der Waals surface area contributed by atoms with Gasteiger partial charge in [0.05, 0.1) is 10.5 Å². The highest BCUT2D eigenvalue weighted by Gasteiger charge is 2.33. The van der Waals surface area contributed by atoms with Crippen molar-refractivity contribution in [3.63, 3.8) is 0 Å². The van der Waals surface area contributed by atoms with E-state index in [0.29, 0.717) is 0 Å². The molecule has 0 bridgehead atoms. The minimum absolute atomic E-state index is 0.0244. The summed E-state index contributed by atoms with van der Waals surface area (Å²) in [5, 5.41) is 5.08.